The van der Waals surface area contributed by atoms with E-state index < -0.39 is 17.5 Å². The molecule has 0 bridgehead atoms. The second-order valence-electron chi connectivity index (χ2n) is 3.06. The maximum absolute atomic E-state index is 10.5. The first-order valence-electron chi connectivity index (χ1n) is 4.35. The number of anilines is 1. The molecule has 0 amide bonds. The third kappa shape index (κ3) is 2.38. The number of carboxylic acid groups (broad SMARTS) is 2. The standard InChI is InChI=1S/C9H11N3O4/c1-5-10-4-7(12(5)2)11-3-6(8(13)14)9(15)16/h3-4,11H,1-2H3,(H,13,14)(H,15,16). The first kappa shape index (κ1) is 11.8. The number of rotatable bonds is 4. The van der Waals surface area contributed by atoms with Crippen LogP contribution in [0.25, 0.3) is 0 Å². The highest BCUT2D eigenvalue weighted by Gasteiger charge is 2.15. The molecule has 0 unspecified atom stereocenters. The molecule has 1 aromatic heterocycles. The molecule has 0 saturated heterocycles. The van der Waals surface area contributed by atoms with Crippen LogP contribution in [0.5, 0.6) is 0 Å². The number of nitrogens with one attached hydrogen (secondary N) is 1. The molecule has 0 radical (unpaired) electrons. The van der Waals surface area contributed by atoms with Crippen molar-refractivity contribution < 1.29 is 19.8 Å². The normalized spacial score (nSPS) is 9.62. The Morgan fingerprint density at radius 1 is 1.44 bits per heavy atom. The molecule has 0 saturated carbocycles. The van der Waals surface area contributed by atoms with Gasteiger partial charge in [-0.05, 0) is 6.92 Å². The molecule has 1 aromatic rings. The predicted octanol–water partition coefficient (Wildman–Crippen LogP) is 0.194. The van der Waals surface area contributed by atoms with Gasteiger partial charge >= 0.3 is 11.9 Å². The van der Waals surface area contributed by atoms with Crippen LogP contribution in [0.1, 0.15) is 5.82 Å². The van der Waals surface area contributed by atoms with Gasteiger partial charge in [-0.25, -0.2) is 14.6 Å². The van der Waals surface area contributed by atoms with Crippen LogP contribution in [-0.4, -0.2) is 31.7 Å². The molecule has 16 heavy (non-hydrogen) atoms. The molecular formula is C9H11N3O4. The van der Waals surface area contributed by atoms with Crippen LogP contribution in [0.4, 0.5) is 5.82 Å². The summed E-state index contributed by atoms with van der Waals surface area (Å²) in [5.74, 6) is -1.77. The number of aryl methyl sites for hydroxylation is 1. The number of carbonyl (C=O) groups is 2. The minimum atomic E-state index is -1.50. The molecule has 0 aliphatic carbocycles. The molecule has 0 aliphatic rings. The summed E-state index contributed by atoms with van der Waals surface area (Å²) in [6.07, 6.45) is 2.40. The molecule has 0 aliphatic heterocycles. The van der Waals surface area contributed by atoms with Crippen LogP contribution in [-0.2, 0) is 16.6 Å². The van der Waals surface area contributed by atoms with Gasteiger partial charge in [-0.15, -0.1) is 0 Å². The van der Waals surface area contributed by atoms with Crippen molar-refractivity contribution in [3.05, 3.63) is 23.8 Å². The summed E-state index contributed by atoms with van der Waals surface area (Å²) < 4.78 is 1.66. The average Bonchev–Trinajstić information content (AvgIpc) is 2.48. The van der Waals surface area contributed by atoms with Crippen molar-refractivity contribution in [1.29, 1.82) is 0 Å². The van der Waals surface area contributed by atoms with Crippen molar-refractivity contribution in [3.63, 3.8) is 0 Å². The van der Waals surface area contributed by atoms with E-state index in [9.17, 15) is 9.59 Å². The van der Waals surface area contributed by atoms with Crippen molar-refractivity contribution in [1.82, 2.24) is 9.55 Å². The van der Waals surface area contributed by atoms with Crippen molar-refractivity contribution in [2.45, 2.75) is 6.92 Å². The Morgan fingerprint density at radius 2 is 2.00 bits per heavy atom. The quantitative estimate of drug-likeness (QED) is 0.384. The second-order valence-corrected chi connectivity index (χ2v) is 3.06. The van der Waals surface area contributed by atoms with Crippen LogP contribution in [0.15, 0.2) is 18.0 Å². The Hall–Kier alpha value is -2.31. The molecule has 7 heteroatoms. The zero-order valence-corrected chi connectivity index (χ0v) is 8.76. The SMILES string of the molecule is Cc1ncc(NC=C(C(=O)O)C(=O)O)n1C. The topological polar surface area (TPSA) is 104 Å². The lowest BCUT2D eigenvalue weighted by Gasteiger charge is -2.03. The van der Waals surface area contributed by atoms with Crippen LogP contribution >= 0.6 is 0 Å². The molecule has 1 rings (SSSR count). The minimum Gasteiger partial charge on any atom is -0.477 e. The molecule has 0 fully saturated rings. The average molecular weight is 225 g/mol. The number of imidazole rings is 1. The van der Waals surface area contributed by atoms with Crippen molar-refractivity contribution in [3.8, 4) is 0 Å². The predicted molar refractivity (Wildman–Crippen MR) is 54.9 cm³/mol. The minimum absolute atomic E-state index is 0.512. The third-order valence-electron chi connectivity index (χ3n) is 2.05. The van der Waals surface area contributed by atoms with Gasteiger partial charge in [0.25, 0.3) is 0 Å². The molecule has 3 N–H and O–H groups in total. The van der Waals surface area contributed by atoms with Gasteiger partial charge in [0.05, 0.1) is 6.20 Å². The van der Waals surface area contributed by atoms with Crippen LogP contribution in [0.2, 0.25) is 0 Å². The zero-order chi connectivity index (χ0) is 12.3. The second kappa shape index (κ2) is 4.47. The molecule has 0 spiro atoms. The number of hydrogen-bond acceptors (Lipinski definition) is 4. The number of carboxylic acids is 2. The van der Waals surface area contributed by atoms with E-state index in [2.05, 4.69) is 10.3 Å². The Morgan fingerprint density at radius 3 is 2.38 bits per heavy atom. The van der Waals surface area contributed by atoms with Gasteiger partial charge in [0.15, 0.2) is 5.57 Å². The highest BCUT2D eigenvalue weighted by atomic mass is 16.4. The summed E-state index contributed by atoms with van der Waals surface area (Å²) in [4.78, 5) is 25.0. The smallest absolute Gasteiger partial charge is 0.344 e. The molecule has 0 aromatic carbocycles. The summed E-state index contributed by atoms with van der Waals surface area (Å²) >= 11 is 0. The van der Waals surface area contributed by atoms with Gasteiger partial charge in [0, 0.05) is 13.2 Å². The lowest BCUT2D eigenvalue weighted by atomic mass is 10.3. The number of nitrogens with zero attached hydrogens (tertiary/aromatic N) is 2. The van der Waals surface area contributed by atoms with Crippen LogP contribution < -0.4 is 5.32 Å². The van der Waals surface area contributed by atoms with Gasteiger partial charge in [0.1, 0.15) is 11.6 Å². The lowest BCUT2D eigenvalue weighted by molar-refractivity contribution is -0.140. The fourth-order valence-electron chi connectivity index (χ4n) is 0.997. The molecule has 7 nitrogen and oxygen atoms in total. The van der Waals surface area contributed by atoms with Crippen LogP contribution in [0.3, 0.4) is 0 Å². The summed E-state index contributed by atoms with van der Waals surface area (Å²) in [6, 6.07) is 0. The highest BCUT2D eigenvalue weighted by molar-refractivity contribution is 6.12. The van der Waals surface area contributed by atoms with E-state index in [-0.39, 0.29) is 0 Å². The molecule has 0 atom stereocenters. The zero-order valence-electron chi connectivity index (χ0n) is 8.76. The highest BCUT2D eigenvalue weighted by Crippen LogP contribution is 2.08. The van der Waals surface area contributed by atoms with Gasteiger partial charge < -0.3 is 20.1 Å². The Labute approximate surface area is 91.0 Å². The fraction of sp³-hybridized carbons (Fsp3) is 0.222. The maximum Gasteiger partial charge on any atom is 0.344 e. The maximum atomic E-state index is 10.5. The summed E-state index contributed by atoms with van der Waals surface area (Å²) in [5.41, 5.74) is -0.737. The Bertz CT molecular complexity index is 445. The first-order chi connectivity index (χ1) is 7.43. The van der Waals surface area contributed by atoms with Crippen LogP contribution in [0, 0.1) is 6.92 Å². The van der Waals surface area contributed by atoms with E-state index in [0.29, 0.717) is 5.82 Å². The van der Waals surface area contributed by atoms with Crippen molar-refractivity contribution in [2.75, 3.05) is 5.32 Å². The largest absolute Gasteiger partial charge is 0.477 e. The number of aromatic nitrogens is 2. The van der Waals surface area contributed by atoms with E-state index in [1.165, 1.54) is 6.20 Å². The number of hydrogen-bond donors (Lipinski definition) is 3. The van der Waals surface area contributed by atoms with Gasteiger partial charge in [0.2, 0.25) is 0 Å². The summed E-state index contributed by atoms with van der Waals surface area (Å²) in [7, 11) is 1.72. The molecular weight excluding hydrogens is 214 g/mol. The van der Waals surface area contributed by atoms with Gasteiger partial charge in [-0.2, -0.15) is 0 Å². The van der Waals surface area contributed by atoms with E-state index >= 15 is 0 Å². The van der Waals surface area contributed by atoms with Gasteiger partial charge in [-0.3, -0.25) is 0 Å². The first-order valence-corrected chi connectivity index (χ1v) is 4.35. The monoisotopic (exact) mass is 225 g/mol. The third-order valence-corrected chi connectivity index (χ3v) is 2.05. The fourth-order valence-corrected chi connectivity index (χ4v) is 0.997. The van der Waals surface area contributed by atoms with Gasteiger partial charge in [-0.1, -0.05) is 0 Å². The number of aliphatic carboxylic acids is 2. The lowest BCUT2D eigenvalue weighted by Crippen LogP contribution is -2.13. The summed E-state index contributed by atoms with van der Waals surface area (Å²) in [6.45, 7) is 1.77. The molecule has 86 valence electrons. The van der Waals surface area contributed by atoms with E-state index in [1.807, 2.05) is 0 Å². The Balaban J connectivity index is 2.90. The van der Waals surface area contributed by atoms with E-state index in [4.69, 9.17) is 10.2 Å². The molecule has 1 heterocycles. The Kier molecular flexibility index (Phi) is 3.29. The van der Waals surface area contributed by atoms with Crippen molar-refractivity contribution in [2.24, 2.45) is 7.05 Å². The van der Waals surface area contributed by atoms with Crippen molar-refractivity contribution >= 4 is 17.8 Å². The van der Waals surface area contributed by atoms with E-state index in [0.717, 1.165) is 12.0 Å². The van der Waals surface area contributed by atoms with E-state index in [1.54, 1.807) is 18.5 Å². The summed E-state index contributed by atoms with van der Waals surface area (Å²) in [5, 5.41) is 19.7.